The zero-order chi connectivity index (χ0) is 15.4. The fraction of sp³-hybridized carbons (Fsp3) is 0.400. The monoisotopic (exact) mass is 290 g/mol. The maximum absolute atomic E-state index is 11.8. The third-order valence-electron chi connectivity index (χ3n) is 3.42. The summed E-state index contributed by atoms with van der Waals surface area (Å²) in [4.78, 5) is 36.0. The number of nitrogens with zero attached hydrogens (tertiary/aromatic N) is 1. The highest BCUT2D eigenvalue weighted by molar-refractivity contribution is 5.91. The van der Waals surface area contributed by atoms with E-state index in [0.29, 0.717) is 18.5 Å². The van der Waals surface area contributed by atoms with Crippen molar-refractivity contribution < 1.29 is 19.1 Å². The van der Waals surface area contributed by atoms with Crippen molar-refractivity contribution in [2.45, 2.75) is 32.4 Å². The molecule has 1 fully saturated rings. The van der Waals surface area contributed by atoms with Crippen LogP contribution in [0.25, 0.3) is 0 Å². The Kier molecular flexibility index (Phi) is 4.57. The second-order valence-electron chi connectivity index (χ2n) is 5.07. The molecule has 21 heavy (non-hydrogen) atoms. The summed E-state index contributed by atoms with van der Waals surface area (Å²) in [6.45, 7) is 2.75. The van der Waals surface area contributed by atoms with Gasteiger partial charge in [0.15, 0.2) is 6.10 Å². The molecule has 0 spiro atoms. The predicted molar refractivity (Wildman–Crippen MR) is 75.2 cm³/mol. The molecule has 6 heteroatoms. The molecule has 0 unspecified atom stereocenters. The van der Waals surface area contributed by atoms with E-state index in [1.165, 1.54) is 6.92 Å². The molecule has 1 aliphatic rings. The van der Waals surface area contributed by atoms with E-state index in [-0.39, 0.29) is 5.91 Å². The number of hydrogen-bond acceptors (Lipinski definition) is 4. The molecule has 1 heterocycles. The summed E-state index contributed by atoms with van der Waals surface area (Å²) < 4.78 is 4.91. The topological polar surface area (TPSA) is 89.7 Å². The van der Waals surface area contributed by atoms with Gasteiger partial charge in [-0.2, -0.15) is 0 Å². The molecule has 1 aromatic carbocycles. The van der Waals surface area contributed by atoms with Gasteiger partial charge in [0, 0.05) is 19.5 Å². The van der Waals surface area contributed by atoms with Crippen molar-refractivity contribution in [3.05, 3.63) is 35.4 Å². The Balaban J connectivity index is 1.96. The molecule has 0 bridgehead atoms. The molecular formula is C15H18N2O4. The quantitative estimate of drug-likeness (QED) is 0.814. The maximum atomic E-state index is 11.8. The molecule has 0 radical (unpaired) electrons. The second-order valence-corrected chi connectivity index (χ2v) is 5.07. The first-order chi connectivity index (χ1) is 9.97. The minimum atomic E-state index is -0.959. The van der Waals surface area contributed by atoms with Crippen LogP contribution in [0.2, 0.25) is 0 Å². The summed E-state index contributed by atoms with van der Waals surface area (Å²) in [6.07, 6.45) is 0.545. The van der Waals surface area contributed by atoms with Gasteiger partial charge in [0.2, 0.25) is 5.91 Å². The maximum Gasteiger partial charge on any atom is 0.338 e. The average Bonchev–Trinajstić information content (AvgIpc) is 2.85. The Morgan fingerprint density at radius 1 is 1.33 bits per heavy atom. The first-order valence-electron chi connectivity index (χ1n) is 6.84. The van der Waals surface area contributed by atoms with Crippen molar-refractivity contribution in [3.8, 4) is 0 Å². The van der Waals surface area contributed by atoms with Crippen molar-refractivity contribution in [3.63, 3.8) is 0 Å². The van der Waals surface area contributed by atoms with Crippen LogP contribution in [0.15, 0.2) is 24.3 Å². The molecule has 6 nitrogen and oxygen atoms in total. The lowest BCUT2D eigenvalue weighted by Gasteiger charge is -2.15. The van der Waals surface area contributed by atoms with E-state index in [0.717, 1.165) is 18.5 Å². The molecule has 112 valence electrons. The van der Waals surface area contributed by atoms with Gasteiger partial charge in [-0.3, -0.25) is 9.59 Å². The normalized spacial score (nSPS) is 15.9. The van der Waals surface area contributed by atoms with Gasteiger partial charge in [-0.15, -0.1) is 0 Å². The number of ether oxygens (including phenoxy) is 1. The fourth-order valence-electron chi connectivity index (χ4n) is 2.12. The van der Waals surface area contributed by atoms with Crippen LogP contribution >= 0.6 is 0 Å². The lowest BCUT2D eigenvalue weighted by Crippen LogP contribution is -2.30. The van der Waals surface area contributed by atoms with E-state index < -0.39 is 18.0 Å². The number of rotatable bonds is 5. The Hall–Kier alpha value is -2.37. The number of esters is 1. The number of nitrogens with two attached hydrogens (primary N) is 1. The summed E-state index contributed by atoms with van der Waals surface area (Å²) in [5.74, 6) is -1.12. The number of likely N-dealkylation sites (tertiary alicyclic amines) is 1. The Morgan fingerprint density at radius 2 is 2.00 bits per heavy atom. The lowest BCUT2D eigenvalue weighted by molar-refractivity contribution is -0.128. The van der Waals surface area contributed by atoms with E-state index in [9.17, 15) is 14.4 Å². The molecule has 2 amide bonds. The zero-order valence-corrected chi connectivity index (χ0v) is 11.9. The minimum Gasteiger partial charge on any atom is -0.449 e. The smallest absolute Gasteiger partial charge is 0.338 e. The minimum absolute atomic E-state index is 0.161. The Morgan fingerprint density at radius 3 is 2.52 bits per heavy atom. The van der Waals surface area contributed by atoms with Crippen LogP contribution in [-0.4, -0.2) is 35.3 Å². The van der Waals surface area contributed by atoms with Crippen LogP contribution < -0.4 is 5.73 Å². The van der Waals surface area contributed by atoms with Crippen molar-refractivity contribution in [2.24, 2.45) is 5.73 Å². The first kappa shape index (κ1) is 15.0. The highest BCUT2D eigenvalue weighted by Crippen LogP contribution is 2.15. The SMILES string of the molecule is C[C@H](OC(=O)c1ccc(CN2CCCC2=O)cc1)C(N)=O. The van der Waals surface area contributed by atoms with Crippen molar-refractivity contribution in [2.75, 3.05) is 6.54 Å². The summed E-state index contributed by atoms with van der Waals surface area (Å²) in [5.41, 5.74) is 6.33. The molecule has 1 atom stereocenters. The van der Waals surface area contributed by atoms with Gasteiger partial charge in [0.25, 0.3) is 5.91 Å². The van der Waals surface area contributed by atoms with Crippen LogP contribution in [0.5, 0.6) is 0 Å². The fourth-order valence-corrected chi connectivity index (χ4v) is 2.12. The van der Waals surface area contributed by atoms with Crippen molar-refractivity contribution in [1.82, 2.24) is 4.90 Å². The molecule has 0 saturated carbocycles. The van der Waals surface area contributed by atoms with E-state index in [2.05, 4.69) is 0 Å². The van der Waals surface area contributed by atoms with E-state index >= 15 is 0 Å². The summed E-state index contributed by atoms with van der Waals surface area (Å²) in [7, 11) is 0. The van der Waals surface area contributed by atoms with Gasteiger partial charge >= 0.3 is 5.97 Å². The van der Waals surface area contributed by atoms with Crippen LogP contribution in [0.1, 0.15) is 35.7 Å². The predicted octanol–water partition coefficient (Wildman–Crippen LogP) is 0.840. The molecule has 1 aliphatic heterocycles. The number of carbonyl (C=O) groups is 3. The van der Waals surface area contributed by atoms with Crippen LogP contribution in [-0.2, 0) is 20.9 Å². The van der Waals surface area contributed by atoms with Gasteiger partial charge in [0.05, 0.1) is 5.56 Å². The largest absolute Gasteiger partial charge is 0.449 e. The standard InChI is InChI=1S/C15H18N2O4/c1-10(14(16)19)21-15(20)12-6-4-11(5-7-12)9-17-8-2-3-13(17)18/h4-7,10H,2-3,8-9H2,1H3,(H2,16,19)/t10-/m0/s1. The van der Waals surface area contributed by atoms with Gasteiger partial charge in [-0.25, -0.2) is 4.79 Å². The van der Waals surface area contributed by atoms with E-state index in [4.69, 9.17) is 10.5 Å². The zero-order valence-electron chi connectivity index (χ0n) is 11.9. The van der Waals surface area contributed by atoms with Gasteiger partial charge < -0.3 is 15.4 Å². The summed E-state index contributed by atoms with van der Waals surface area (Å²) in [6, 6.07) is 6.78. The number of primary amides is 1. The Bertz CT molecular complexity index is 553. The summed E-state index contributed by atoms with van der Waals surface area (Å²) >= 11 is 0. The summed E-state index contributed by atoms with van der Waals surface area (Å²) in [5, 5.41) is 0. The third-order valence-corrected chi connectivity index (χ3v) is 3.42. The number of hydrogen-bond donors (Lipinski definition) is 1. The Labute approximate surface area is 122 Å². The number of carbonyl (C=O) groups excluding carboxylic acids is 3. The molecule has 1 saturated heterocycles. The van der Waals surface area contributed by atoms with Crippen molar-refractivity contribution >= 4 is 17.8 Å². The molecular weight excluding hydrogens is 272 g/mol. The van der Waals surface area contributed by atoms with Crippen LogP contribution in [0.3, 0.4) is 0 Å². The average molecular weight is 290 g/mol. The molecule has 1 aromatic rings. The molecule has 0 aromatic heterocycles. The highest BCUT2D eigenvalue weighted by atomic mass is 16.5. The first-order valence-corrected chi connectivity index (χ1v) is 6.84. The van der Waals surface area contributed by atoms with Gasteiger partial charge in [-0.05, 0) is 31.0 Å². The number of amides is 2. The highest BCUT2D eigenvalue weighted by Gasteiger charge is 2.20. The lowest BCUT2D eigenvalue weighted by atomic mass is 10.1. The third kappa shape index (κ3) is 3.81. The molecule has 2 N–H and O–H groups in total. The van der Waals surface area contributed by atoms with Crippen LogP contribution in [0.4, 0.5) is 0 Å². The molecule has 2 rings (SSSR count). The second kappa shape index (κ2) is 6.39. The van der Waals surface area contributed by atoms with Gasteiger partial charge in [-0.1, -0.05) is 12.1 Å². The van der Waals surface area contributed by atoms with E-state index in [1.807, 2.05) is 0 Å². The number of benzene rings is 1. The van der Waals surface area contributed by atoms with Gasteiger partial charge in [0.1, 0.15) is 0 Å². The van der Waals surface area contributed by atoms with E-state index in [1.54, 1.807) is 29.2 Å². The van der Waals surface area contributed by atoms with Crippen molar-refractivity contribution in [1.29, 1.82) is 0 Å². The van der Waals surface area contributed by atoms with Crippen LogP contribution in [0, 0.1) is 0 Å². The molecule has 0 aliphatic carbocycles.